The number of nitrogens with zero attached hydrogens (tertiary/aromatic N) is 2. The van der Waals surface area contributed by atoms with Gasteiger partial charge in [-0.15, -0.1) is 0 Å². The molecule has 0 aliphatic heterocycles. The van der Waals surface area contributed by atoms with Crippen molar-refractivity contribution in [3.63, 3.8) is 0 Å². The number of para-hydroxylation sites is 1. The molecule has 1 aromatic carbocycles. The Morgan fingerprint density at radius 1 is 1.31 bits per heavy atom. The zero-order chi connectivity index (χ0) is 21.6. The molecule has 0 amide bonds. The van der Waals surface area contributed by atoms with Gasteiger partial charge in [0.1, 0.15) is 6.26 Å². The number of benzene rings is 1. The van der Waals surface area contributed by atoms with Gasteiger partial charge in [-0.2, -0.15) is 0 Å². The lowest BCUT2D eigenvalue weighted by Gasteiger charge is -2.08. The Labute approximate surface area is 167 Å². The van der Waals surface area contributed by atoms with E-state index in [9.17, 15) is 19.7 Å². The van der Waals surface area contributed by atoms with Crippen molar-refractivity contribution in [2.24, 2.45) is 7.05 Å². The van der Waals surface area contributed by atoms with Crippen LogP contribution < -0.4 is 0 Å². The summed E-state index contributed by atoms with van der Waals surface area (Å²) < 4.78 is 6.65. The number of carbonyl (C=O) groups is 2. The fourth-order valence-corrected chi connectivity index (χ4v) is 3.13. The second-order valence-electron chi connectivity index (χ2n) is 6.28. The number of aliphatic carboxylic acids is 1. The minimum absolute atomic E-state index is 0.0624. The zero-order valence-corrected chi connectivity index (χ0v) is 16.4. The number of hydrogen-bond donors (Lipinski definition) is 1. The van der Waals surface area contributed by atoms with Crippen LogP contribution in [0, 0.1) is 17.0 Å². The molecule has 0 unspecified atom stereocenters. The number of hydrogen-bond acceptors (Lipinski definition) is 5. The maximum Gasteiger partial charge on any atom is 0.331 e. The minimum atomic E-state index is -1.24. The molecule has 0 saturated heterocycles. The second kappa shape index (κ2) is 9.50. The van der Waals surface area contributed by atoms with Crippen molar-refractivity contribution in [2.75, 3.05) is 0 Å². The third-order valence-electron chi connectivity index (χ3n) is 4.42. The van der Waals surface area contributed by atoms with Gasteiger partial charge in [-0.1, -0.05) is 25.1 Å². The highest BCUT2D eigenvalue weighted by atomic mass is 16.6. The Hall–Kier alpha value is -3.68. The van der Waals surface area contributed by atoms with Crippen LogP contribution in [0.5, 0.6) is 0 Å². The zero-order valence-electron chi connectivity index (χ0n) is 16.4. The molecule has 0 aliphatic rings. The summed E-state index contributed by atoms with van der Waals surface area (Å²) in [5.41, 5.74) is 3.11. The Bertz CT molecular complexity index is 1000. The molecule has 2 aromatic rings. The maximum absolute atomic E-state index is 12.3. The number of rotatable bonds is 8. The van der Waals surface area contributed by atoms with Crippen LogP contribution in [0.3, 0.4) is 0 Å². The Kier molecular flexibility index (Phi) is 7.08. The third-order valence-corrected chi connectivity index (χ3v) is 4.42. The SMILES string of the molecule is CCC=Cc1c(C)c(-c2ccccc2[N+](=O)[O-])c(CC(=O)OC=CC(=O)O)n1C. The number of esters is 1. The average Bonchev–Trinajstić information content (AvgIpc) is 2.89. The van der Waals surface area contributed by atoms with Gasteiger partial charge in [0.05, 0.1) is 23.0 Å². The molecule has 8 nitrogen and oxygen atoms in total. The molecule has 0 atom stereocenters. The first kappa shape index (κ1) is 21.6. The summed E-state index contributed by atoms with van der Waals surface area (Å²) in [4.78, 5) is 33.9. The number of carbonyl (C=O) groups excluding carboxylic acids is 1. The quantitative estimate of drug-likeness (QED) is 0.236. The van der Waals surface area contributed by atoms with E-state index in [0.29, 0.717) is 22.9 Å². The van der Waals surface area contributed by atoms with E-state index >= 15 is 0 Å². The normalized spacial score (nSPS) is 11.3. The maximum atomic E-state index is 12.3. The Morgan fingerprint density at radius 2 is 2.00 bits per heavy atom. The number of aromatic nitrogens is 1. The van der Waals surface area contributed by atoms with Gasteiger partial charge in [0.25, 0.3) is 5.69 Å². The van der Waals surface area contributed by atoms with Crippen molar-refractivity contribution >= 4 is 23.7 Å². The summed E-state index contributed by atoms with van der Waals surface area (Å²) >= 11 is 0. The Morgan fingerprint density at radius 3 is 2.62 bits per heavy atom. The summed E-state index contributed by atoms with van der Waals surface area (Å²) in [5, 5.41) is 20.1. The van der Waals surface area contributed by atoms with Crippen LogP contribution in [0.4, 0.5) is 5.69 Å². The first-order chi connectivity index (χ1) is 13.8. The first-order valence-electron chi connectivity index (χ1n) is 8.95. The molecule has 0 fully saturated rings. The molecule has 0 aliphatic carbocycles. The fourth-order valence-electron chi connectivity index (χ4n) is 3.13. The molecule has 8 heteroatoms. The number of carboxylic acids is 1. The lowest BCUT2D eigenvalue weighted by molar-refractivity contribution is -0.384. The molecular weight excluding hydrogens is 376 g/mol. The highest BCUT2D eigenvalue weighted by molar-refractivity contribution is 5.85. The fraction of sp³-hybridized carbons (Fsp3) is 0.238. The number of allylic oxidation sites excluding steroid dienone is 1. The van der Waals surface area contributed by atoms with Crippen molar-refractivity contribution in [1.82, 2.24) is 4.57 Å². The molecule has 152 valence electrons. The molecule has 0 saturated carbocycles. The van der Waals surface area contributed by atoms with Crippen LogP contribution in [0.25, 0.3) is 17.2 Å². The number of nitro groups is 1. The largest absolute Gasteiger partial charge is 0.478 e. The van der Waals surface area contributed by atoms with Gasteiger partial charge in [0.15, 0.2) is 0 Å². The van der Waals surface area contributed by atoms with Gasteiger partial charge in [0.2, 0.25) is 0 Å². The van der Waals surface area contributed by atoms with E-state index in [2.05, 4.69) is 0 Å². The summed E-state index contributed by atoms with van der Waals surface area (Å²) in [6.07, 6.45) is 6.02. The lowest BCUT2D eigenvalue weighted by Crippen LogP contribution is -2.10. The smallest absolute Gasteiger partial charge is 0.331 e. The monoisotopic (exact) mass is 398 g/mol. The van der Waals surface area contributed by atoms with Crippen molar-refractivity contribution in [1.29, 1.82) is 0 Å². The molecule has 1 aromatic heterocycles. The van der Waals surface area contributed by atoms with Gasteiger partial charge in [-0.05, 0) is 31.1 Å². The van der Waals surface area contributed by atoms with E-state index in [1.807, 2.05) is 26.0 Å². The third kappa shape index (κ3) is 4.98. The summed E-state index contributed by atoms with van der Waals surface area (Å²) in [5.74, 6) is -1.91. The number of ether oxygens (including phenoxy) is 1. The highest BCUT2D eigenvalue weighted by Crippen LogP contribution is 2.38. The van der Waals surface area contributed by atoms with Gasteiger partial charge in [0, 0.05) is 30.1 Å². The molecule has 2 rings (SSSR count). The molecule has 1 N–H and O–H groups in total. The van der Waals surface area contributed by atoms with Crippen LogP contribution in [-0.4, -0.2) is 26.5 Å². The van der Waals surface area contributed by atoms with E-state index in [-0.39, 0.29) is 12.1 Å². The summed E-state index contributed by atoms with van der Waals surface area (Å²) in [7, 11) is 1.77. The van der Waals surface area contributed by atoms with Crippen LogP contribution in [0.2, 0.25) is 0 Å². The molecule has 1 heterocycles. The molecular formula is C21H22N2O6. The topological polar surface area (TPSA) is 112 Å². The van der Waals surface area contributed by atoms with Crippen molar-refractivity contribution in [3.8, 4) is 11.1 Å². The van der Waals surface area contributed by atoms with E-state index < -0.39 is 16.9 Å². The van der Waals surface area contributed by atoms with E-state index in [1.54, 1.807) is 29.8 Å². The first-order valence-corrected chi connectivity index (χ1v) is 8.95. The van der Waals surface area contributed by atoms with Gasteiger partial charge < -0.3 is 14.4 Å². The number of nitro benzene ring substituents is 1. The summed E-state index contributed by atoms with van der Waals surface area (Å²) in [6, 6.07) is 6.35. The van der Waals surface area contributed by atoms with Crippen LogP contribution >= 0.6 is 0 Å². The minimum Gasteiger partial charge on any atom is -0.478 e. The van der Waals surface area contributed by atoms with Crippen LogP contribution in [0.1, 0.15) is 30.3 Å². The Balaban J connectivity index is 2.60. The lowest BCUT2D eigenvalue weighted by atomic mass is 9.98. The predicted octanol–water partition coefficient (Wildman–Crippen LogP) is 4.02. The summed E-state index contributed by atoms with van der Waals surface area (Å²) in [6.45, 7) is 3.84. The second-order valence-corrected chi connectivity index (χ2v) is 6.28. The van der Waals surface area contributed by atoms with E-state index in [0.717, 1.165) is 23.9 Å². The van der Waals surface area contributed by atoms with E-state index in [1.165, 1.54) is 6.07 Å². The standard InChI is InChI=1S/C21H22N2O6/c1-4-5-9-16-14(2)21(15-8-6-7-10-17(15)23(27)28)18(22(16)3)13-20(26)29-12-11-19(24)25/h5-12H,4,13H2,1-3H3,(H,24,25). The number of carboxylic acid groups (broad SMARTS) is 1. The molecule has 29 heavy (non-hydrogen) atoms. The predicted molar refractivity (Wildman–Crippen MR) is 108 cm³/mol. The van der Waals surface area contributed by atoms with Gasteiger partial charge >= 0.3 is 11.9 Å². The van der Waals surface area contributed by atoms with Gasteiger partial charge in [-0.25, -0.2) is 4.79 Å². The average molecular weight is 398 g/mol. The molecule has 0 spiro atoms. The van der Waals surface area contributed by atoms with Crippen molar-refractivity contribution in [2.45, 2.75) is 26.7 Å². The molecule has 0 bridgehead atoms. The highest BCUT2D eigenvalue weighted by Gasteiger charge is 2.25. The van der Waals surface area contributed by atoms with Gasteiger partial charge in [-0.3, -0.25) is 14.9 Å². The van der Waals surface area contributed by atoms with Crippen molar-refractivity contribution < 1.29 is 24.4 Å². The molecule has 0 radical (unpaired) electrons. The van der Waals surface area contributed by atoms with Crippen LogP contribution in [-0.2, 0) is 27.8 Å². The van der Waals surface area contributed by atoms with Crippen LogP contribution in [0.15, 0.2) is 42.7 Å². The van der Waals surface area contributed by atoms with E-state index in [4.69, 9.17) is 9.84 Å². The van der Waals surface area contributed by atoms with Crippen molar-refractivity contribution in [3.05, 3.63) is 69.7 Å².